The summed E-state index contributed by atoms with van der Waals surface area (Å²) in [6, 6.07) is 20.1. The van der Waals surface area contributed by atoms with Crippen LogP contribution in [0.2, 0.25) is 0 Å². The van der Waals surface area contributed by atoms with Gasteiger partial charge in [0.2, 0.25) is 0 Å². The maximum absolute atomic E-state index is 13.6. The molecule has 0 aliphatic rings. The van der Waals surface area contributed by atoms with E-state index < -0.39 is 5.97 Å². The zero-order valence-electron chi connectivity index (χ0n) is 15.9. The zero-order valence-corrected chi connectivity index (χ0v) is 17.5. The minimum absolute atomic E-state index is 0.0445. The standard InChI is InChI=1S/C23H19BrFNO4/c24-20-11-5-10-19(23(28)29)22(20)30-15-21(27)26(13-16-6-2-1-3-7-16)14-17-8-4-9-18(25)12-17/h1-12H,13-15H2,(H,28,29). The van der Waals surface area contributed by atoms with Crippen LogP contribution >= 0.6 is 15.9 Å². The fourth-order valence-corrected chi connectivity index (χ4v) is 3.42. The van der Waals surface area contributed by atoms with Crippen LogP contribution in [0.4, 0.5) is 4.39 Å². The largest absolute Gasteiger partial charge is 0.482 e. The van der Waals surface area contributed by atoms with Crippen LogP contribution in [0.15, 0.2) is 77.3 Å². The molecule has 0 saturated heterocycles. The van der Waals surface area contributed by atoms with E-state index in [0.717, 1.165) is 5.56 Å². The predicted molar refractivity (Wildman–Crippen MR) is 114 cm³/mol. The Labute approximate surface area is 181 Å². The van der Waals surface area contributed by atoms with Gasteiger partial charge in [-0.05, 0) is 51.3 Å². The van der Waals surface area contributed by atoms with Gasteiger partial charge in [-0.1, -0.05) is 48.5 Å². The Morgan fingerprint density at radius 2 is 1.60 bits per heavy atom. The Balaban J connectivity index is 1.79. The fourth-order valence-electron chi connectivity index (χ4n) is 2.94. The molecular weight excluding hydrogens is 453 g/mol. The monoisotopic (exact) mass is 471 g/mol. The first-order chi connectivity index (χ1) is 14.4. The second kappa shape index (κ2) is 10.0. The van der Waals surface area contributed by atoms with E-state index in [9.17, 15) is 19.1 Å². The molecule has 7 heteroatoms. The predicted octanol–water partition coefficient (Wildman–Crippen LogP) is 4.89. The third kappa shape index (κ3) is 5.67. The number of para-hydroxylation sites is 1. The lowest BCUT2D eigenvalue weighted by Gasteiger charge is -2.23. The number of carbonyl (C=O) groups excluding carboxylic acids is 1. The lowest BCUT2D eigenvalue weighted by molar-refractivity contribution is -0.134. The quantitative estimate of drug-likeness (QED) is 0.507. The number of halogens is 2. The Hall–Kier alpha value is -3.19. The molecule has 0 radical (unpaired) electrons. The minimum atomic E-state index is -1.15. The molecule has 0 unspecified atom stereocenters. The van der Waals surface area contributed by atoms with E-state index in [0.29, 0.717) is 16.6 Å². The van der Waals surface area contributed by atoms with Crippen LogP contribution in [-0.2, 0) is 17.9 Å². The normalized spacial score (nSPS) is 10.5. The number of hydrogen-bond acceptors (Lipinski definition) is 3. The van der Waals surface area contributed by atoms with Crippen molar-refractivity contribution in [2.24, 2.45) is 0 Å². The molecule has 3 aromatic carbocycles. The summed E-state index contributed by atoms with van der Waals surface area (Å²) in [7, 11) is 0. The summed E-state index contributed by atoms with van der Waals surface area (Å²) in [4.78, 5) is 25.9. The van der Waals surface area contributed by atoms with E-state index in [4.69, 9.17) is 4.74 Å². The Morgan fingerprint density at radius 1 is 0.933 bits per heavy atom. The van der Waals surface area contributed by atoms with Crippen LogP contribution in [0, 0.1) is 5.82 Å². The van der Waals surface area contributed by atoms with E-state index in [1.54, 1.807) is 29.2 Å². The van der Waals surface area contributed by atoms with Crippen molar-refractivity contribution < 1.29 is 23.8 Å². The second-order valence-electron chi connectivity index (χ2n) is 6.58. The summed E-state index contributed by atoms with van der Waals surface area (Å²) in [5.74, 6) is -1.80. The maximum atomic E-state index is 13.6. The van der Waals surface area contributed by atoms with Crippen LogP contribution < -0.4 is 4.74 Å². The molecule has 154 valence electrons. The number of amides is 1. The summed E-state index contributed by atoms with van der Waals surface area (Å²) in [6.45, 7) is 0.142. The van der Waals surface area contributed by atoms with Gasteiger partial charge in [0, 0.05) is 13.1 Å². The SMILES string of the molecule is O=C(O)c1cccc(Br)c1OCC(=O)N(Cc1ccccc1)Cc1cccc(F)c1. The highest BCUT2D eigenvalue weighted by molar-refractivity contribution is 9.10. The Morgan fingerprint density at radius 3 is 2.30 bits per heavy atom. The van der Waals surface area contributed by atoms with Crippen LogP contribution in [0.5, 0.6) is 5.75 Å². The average molecular weight is 472 g/mol. The van der Waals surface area contributed by atoms with Crippen LogP contribution in [0.1, 0.15) is 21.5 Å². The van der Waals surface area contributed by atoms with Crippen molar-refractivity contribution in [1.29, 1.82) is 0 Å². The van der Waals surface area contributed by atoms with E-state index >= 15 is 0 Å². The van der Waals surface area contributed by atoms with Gasteiger partial charge in [-0.3, -0.25) is 4.79 Å². The van der Waals surface area contributed by atoms with Crippen molar-refractivity contribution in [2.45, 2.75) is 13.1 Å². The lowest BCUT2D eigenvalue weighted by Crippen LogP contribution is -2.34. The summed E-state index contributed by atoms with van der Waals surface area (Å²) in [5.41, 5.74) is 1.51. The van der Waals surface area contributed by atoms with E-state index in [1.165, 1.54) is 18.2 Å². The fraction of sp³-hybridized carbons (Fsp3) is 0.130. The molecule has 3 aromatic rings. The molecule has 5 nitrogen and oxygen atoms in total. The molecule has 0 aromatic heterocycles. The molecule has 1 amide bonds. The van der Waals surface area contributed by atoms with Gasteiger partial charge in [0.15, 0.2) is 6.61 Å². The number of nitrogens with zero attached hydrogens (tertiary/aromatic N) is 1. The zero-order chi connectivity index (χ0) is 21.5. The summed E-state index contributed by atoms with van der Waals surface area (Å²) in [5, 5.41) is 9.35. The molecular formula is C23H19BrFNO4. The highest BCUT2D eigenvalue weighted by Gasteiger charge is 2.19. The number of hydrogen-bond donors (Lipinski definition) is 1. The highest BCUT2D eigenvalue weighted by atomic mass is 79.9. The van der Waals surface area contributed by atoms with Crippen molar-refractivity contribution >= 4 is 27.8 Å². The van der Waals surface area contributed by atoms with E-state index in [-0.39, 0.29) is 36.2 Å². The molecule has 30 heavy (non-hydrogen) atoms. The maximum Gasteiger partial charge on any atom is 0.339 e. The molecule has 0 atom stereocenters. The molecule has 0 aliphatic heterocycles. The highest BCUT2D eigenvalue weighted by Crippen LogP contribution is 2.29. The van der Waals surface area contributed by atoms with Crippen molar-refractivity contribution in [2.75, 3.05) is 6.61 Å². The van der Waals surface area contributed by atoms with Gasteiger partial charge in [-0.25, -0.2) is 9.18 Å². The average Bonchev–Trinajstić information content (AvgIpc) is 2.72. The van der Waals surface area contributed by atoms with Crippen molar-refractivity contribution in [1.82, 2.24) is 4.90 Å². The third-order valence-electron chi connectivity index (χ3n) is 4.37. The van der Waals surface area contributed by atoms with Gasteiger partial charge in [0.05, 0.1) is 4.47 Å². The van der Waals surface area contributed by atoms with Crippen LogP contribution in [-0.4, -0.2) is 28.5 Å². The smallest absolute Gasteiger partial charge is 0.339 e. The molecule has 0 heterocycles. The number of benzene rings is 3. The first kappa shape index (κ1) is 21.5. The van der Waals surface area contributed by atoms with Gasteiger partial charge in [-0.15, -0.1) is 0 Å². The first-order valence-electron chi connectivity index (χ1n) is 9.15. The van der Waals surface area contributed by atoms with E-state index in [2.05, 4.69) is 15.9 Å². The minimum Gasteiger partial charge on any atom is -0.482 e. The van der Waals surface area contributed by atoms with Crippen molar-refractivity contribution in [3.63, 3.8) is 0 Å². The molecule has 0 saturated carbocycles. The molecule has 0 spiro atoms. The molecule has 0 fully saturated rings. The van der Waals surface area contributed by atoms with Gasteiger partial charge in [0.25, 0.3) is 5.91 Å². The molecule has 1 N–H and O–H groups in total. The van der Waals surface area contributed by atoms with Gasteiger partial charge in [0.1, 0.15) is 17.1 Å². The number of aromatic carboxylic acids is 1. The van der Waals surface area contributed by atoms with Gasteiger partial charge >= 0.3 is 5.97 Å². The summed E-state index contributed by atoms with van der Waals surface area (Å²) >= 11 is 3.26. The number of carboxylic acids is 1. The van der Waals surface area contributed by atoms with Crippen molar-refractivity contribution in [3.8, 4) is 5.75 Å². The summed E-state index contributed by atoms with van der Waals surface area (Å²) in [6.07, 6.45) is 0. The Kier molecular flexibility index (Phi) is 7.19. The topological polar surface area (TPSA) is 66.8 Å². The van der Waals surface area contributed by atoms with Crippen molar-refractivity contribution in [3.05, 3.63) is 99.8 Å². The molecule has 0 aliphatic carbocycles. The lowest BCUT2D eigenvalue weighted by atomic mass is 10.1. The number of rotatable bonds is 8. The summed E-state index contributed by atoms with van der Waals surface area (Å²) < 4.78 is 19.6. The van der Waals surface area contributed by atoms with Gasteiger partial charge in [-0.2, -0.15) is 0 Å². The second-order valence-corrected chi connectivity index (χ2v) is 7.43. The molecule has 0 bridgehead atoms. The Bertz CT molecular complexity index is 1040. The number of ether oxygens (including phenoxy) is 1. The van der Waals surface area contributed by atoms with Crippen LogP contribution in [0.3, 0.4) is 0 Å². The molecule has 3 rings (SSSR count). The van der Waals surface area contributed by atoms with Crippen LogP contribution in [0.25, 0.3) is 0 Å². The number of carboxylic acid groups (broad SMARTS) is 1. The van der Waals surface area contributed by atoms with E-state index in [1.807, 2.05) is 30.3 Å². The first-order valence-corrected chi connectivity index (χ1v) is 9.94. The third-order valence-corrected chi connectivity index (χ3v) is 4.99. The number of carbonyl (C=O) groups is 2. The van der Waals surface area contributed by atoms with Gasteiger partial charge < -0.3 is 14.7 Å².